The van der Waals surface area contributed by atoms with Crippen molar-refractivity contribution in [3.05, 3.63) is 166 Å². The van der Waals surface area contributed by atoms with Crippen molar-refractivity contribution in [3.63, 3.8) is 0 Å². The average molecular weight is 870 g/mol. The zero-order chi connectivity index (χ0) is 44.5. The van der Waals surface area contributed by atoms with Crippen LogP contribution in [0.1, 0.15) is 50.8 Å². The van der Waals surface area contributed by atoms with Crippen LogP contribution in [0, 0.1) is 12.5 Å². The maximum atomic E-state index is 12.3. The summed E-state index contributed by atoms with van der Waals surface area (Å²) in [6.07, 6.45) is -0.546. The second kappa shape index (κ2) is 20.7. The highest BCUT2D eigenvalue weighted by atomic mass is 31.2. The number of hydrogen-bond donors (Lipinski definition) is 1. The second-order valence-electron chi connectivity index (χ2n) is 16.2. The van der Waals surface area contributed by atoms with Crippen molar-refractivity contribution < 1.29 is 32.8 Å². The molecule has 0 fully saturated rings. The summed E-state index contributed by atoms with van der Waals surface area (Å²) in [5, 5.41) is 15.1. The van der Waals surface area contributed by atoms with Gasteiger partial charge >= 0.3 is 5.63 Å². The quantitative estimate of drug-likeness (QED) is 0.0248. The van der Waals surface area contributed by atoms with Gasteiger partial charge in [0.2, 0.25) is 6.54 Å². The summed E-state index contributed by atoms with van der Waals surface area (Å²) in [6.45, 7) is 16.9. The fourth-order valence-electron chi connectivity index (χ4n) is 8.46. The van der Waals surface area contributed by atoms with Crippen LogP contribution < -0.4 is 15.1 Å². The number of ether oxygens (including phenoxy) is 3. The number of fused-ring (bicyclic) bond motifs is 4. The maximum Gasteiger partial charge on any atom is 0.336 e. The molecule has 7 aromatic rings. The van der Waals surface area contributed by atoms with Gasteiger partial charge in [-0.3, -0.25) is 0 Å². The maximum absolute atomic E-state index is 12.3. The van der Waals surface area contributed by atoms with Crippen molar-refractivity contribution in [3.8, 4) is 11.5 Å². The van der Waals surface area contributed by atoms with Crippen molar-refractivity contribution in [2.45, 2.75) is 64.4 Å². The van der Waals surface area contributed by atoms with E-state index in [9.17, 15) is 9.90 Å². The van der Waals surface area contributed by atoms with E-state index < -0.39 is 25.9 Å². The summed E-state index contributed by atoms with van der Waals surface area (Å²) < 4.78 is 41.6. The van der Waals surface area contributed by atoms with E-state index in [1.807, 2.05) is 97.1 Å². The Morgan fingerprint density at radius 2 is 1.37 bits per heavy atom. The Morgan fingerprint density at radius 3 is 1.98 bits per heavy atom. The Hall–Kier alpha value is -5.57. The molecule has 5 aromatic carbocycles. The van der Waals surface area contributed by atoms with Gasteiger partial charge < -0.3 is 42.2 Å². The highest BCUT2D eigenvalue weighted by molar-refractivity contribution is 7.44. The normalized spacial score (nSPS) is 13.5. The van der Waals surface area contributed by atoms with E-state index in [2.05, 4.69) is 60.0 Å². The lowest BCUT2D eigenvalue weighted by Gasteiger charge is -2.38. The van der Waals surface area contributed by atoms with Crippen molar-refractivity contribution in [2.75, 3.05) is 40.6 Å². The molecule has 0 radical (unpaired) electrons. The Bertz CT molecular complexity index is 2620. The van der Waals surface area contributed by atoms with Crippen molar-refractivity contribution in [1.82, 2.24) is 9.24 Å². The predicted octanol–water partition coefficient (Wildman–Crippen LogP) is 10.6. The number of nitrogens with zero attached hydrogens (tertiary/aromatic N) is 3. The molecule has 3 atom stereocenters. The molecule has 0 amide bonds. The molecule has 1 N–H and O–H groups in total. The van der Waals surface area contributed by atoms with Gasteiger partial charge in [-0.1, -0.05) is 72.8 Å². The summed E-state index contributed by atoms with van der Waals surface area (Å²) in [4.78, 5) is 15.8. The number of methoxy groups -OCH3 is 2. The minimum atomic E-state index is -1.58. The van der Waals surface area contributed by atoms with Crippen molar-refractivity contribution in [2.24, 2.45) is 5.92 Å². The first-order chi connectivity index (χ1) is 30.6. The lowest BCUT2D eigenvalue weighted by atomic mass is 9.79. The highest BCUT2D eigenvalue weighted by Crippen LogP contribution is 2.47. The minimum Gasteiger partial charge on any atom is -0.497 e. The van der Waals surface area contributed by atoms with E-state index in [-0.39, 0.29) is 50.9 Å². The van der Waals surface area contributed by atoms with Crippen LogP contribution in [-0.4, -0.2) is 73.1 Å². The number of aliphatic hydroxyl groups is 1. The molecule has 0 aliphatic rings. The van der Waals surface area contributed by atoms with Gasteiger partial charge in [-0.25, -0.2) is 16.0 Å². The standard InChI is InChI=1S/C51H56N3O8P/c1-35(2)54(36(3)4)63(60-28-27-52-5)61-34-37(29-42(55)32-53-47-16-12-11-15-45(47)46-30-38-17-26-50(56)62-49(38)31-48(46)53)33-59-51(39-13-9-8-10-14-39,40-18-22-43(57-6)23-19-40)41-20-24-44(58-7)25-21-41/h8-26,30-31,35-37,42,55H,27-29,32-34H2,1-4,6-7H3/t37-,42?,63?/m0/s1. The molecule has 0 aliphatic carbocycles. The summed E-state index contributed by atoms with van der Waals surface area (Å²) >= 11 is 0. The first kappa shape index (κ1) is 45.5. The molecule has 2 unspecified atom stereocenters. The van der Waals surface area contributed by atoms with Gasteiger partial charge in [-0.15, -0.1) is 0 Å². The molecule has 11 nitrogen and oxygen atoms in total. The van der Waals surface area contributed by atoms with Gasteiger partial charge in [0, 0.05) is 58.4 Å². The lowest BCUT2D eigenvalue weighted by Crippen LogP contribution is -2.37. The molecule has 0 saturated heterocycles. The molecule has 2 aromatic heterocycles. The average Bonchev–Trinajstić information content (AvgIpc) is 3.59. The zero-order valence-corrected chi connectivity index (χ0v) is 37.7. The molecule has 12 heteroatoms. The van der Waals surface area contributed by atoms with Gasteiger partial charge in [-0.05, 0) is 93.3 Å². The van der Waals surface area contributed by atoms with Crippen molar-refractivity contribution in [1.29, 1.82) is 0 Å². The first-order valence-corrected chi connectivity index (χ1v) is 22.5. The van der Waals surface area contributed by atoms with E-state index >= 15 is 0 Å². The number of aromatic nitrogens is 1. The Labute approximate surface area is 370 Å². The molecule has 0 aliphatic heterocycles. The molecule has 7 rings (SSSR count). The van der Waals surface area contributed by atoms with Crippen LogP contribution in [0.2, 0.25) is 0 Å². The number of para-hydroxylation sites is 1. The van der Waals surface area contributed by atoms with Crippen LogP contribution in [0.25, 0.3) is 37.6 Å². The van der Waals surface area contributed by atoms with Gasteiger partial charge in [0.15, 0.2) is 0 Å². The third-order valence-electron chi connectivity index (χ3n) is 11.3. The number of hydrogen-bond acceptors (Lipinski definition) is 9. The fourth-order valence-corrected chi connectivity index (χ4v) is 10.1. The monoisotopic (exact) mass is 869 g/mol. The van der Waals surface area contributed by atoms with E-state index in [0.717, 1.165) is 55.4 Å². The third-order valence-corrected chi connectivity index (χ3v) is 13.4. The number of aliphatic hydroxyl groups excluding tert-OH is 1. The summed E-state index contributed by atoms with van der Waals surface area (Å²) in [5.74, 6) is 1.09. The van der Waals surface area contributed by atoms with Crippen LogP contribution >= 0.6 is 8.53 Å². The largest absolute Gasteiger partial charge is 0.497 e. The van der Waals surface area contributed by atoms with Gasteiger partial charge in [0.1, 0.15) is 29.3 Å². The summed E-state index contributed by atoms with van der Waals surface area (Å²) in [6, 6.07) is 41.4. The number of rotatable bonds is 21. The third kappa shape index (κ3) is 10.1. The smallest absolute Gasteiger partial charge is 0.336 e. The SMILES string of the molecule is [C-]#[N+]CCOP(OC[C@H](COC(c1ccccc1)(c1ccc(OC)cc1)c1ccc(OC)cc1)CC(O)Cn1c2ccccc2c2cc3ccc(=O)oc3cc21)N(C(C)C)C(C)C. The van der Waals surface area contributed by atoms with Gasteiger partial charge in [0.25, 0.3) is 8.53 Å². The topological polar surface area (TPSA) is 109 Å². The molecular formula is C51H56N3O8P. The van der Waals surface area contributed by atoms with Crippen LogP contribution in [0.3, 0.4) is 0 Å². The van der Waals surface area contributed by atoms with Gasteiger partial charge in [0.05, 0.1) is 39.1 Å². The zero-order valence-electron chi connectivity index (χ0n) is 36.8. The Morgan fingerprint density at radius 1 is 0.746 bits per heavy atom. The highest BCUT2D eigenvalue weighted by Gasteiger charge is 2.39. The fraction of sp³-hybridized carbons (Fsp3) is 0.333. The van der Waals surface area contributed by atoms with E-state index in [1.165, 1.54) is 6.07 Å². The number of benzene rings is 5. The summed E-state index contributed by atoms with van der Waals surface area (Å²) in [7, 11) is 1.72. The Balaban J connectivity index is 1.29. The van der Waals surface area contributed by atoms with Crippen LogP contribution in [0.4, 0.5) is 0 Å². The molecule has 0 spiro atoms. The van der Waals surface area contributed by atoms with E-state index in [4.69, 9.17) is 34.2 Å². The van der Waals surface area contributed by atoms with Crippen LogP contribution in [0.15, 0.2) is 137 Å². The molecule has 328 valence electrons. The molecule has 63 heavy (non-hydrogen) atoms. The Kier molecular flexibility index (Phi) is 15.0. The molecule has 0 saturated carbocycles. The van der Waals surface area contributed by atoms with Crippen molar-refractivity contribution >= 4 is 41.3 Å². The van der Waals surface area contributed by atoms with Crippen LogP contribution in [-0.2, 0) is 25.9 Å². The first-order valence-electron chi connectivity index (χ1n) is 21.3. The van der Waals surface area contributed by atoms with Gasteiger partial charge in [-0.2, -0.15) is 0 Å². The predicted molar refractivity (Wildman–Crippen MR) is 250 cm³/mol. The van der Waals surface area contributed by atoms with E-state index in [0.29, 0.717) is 12.0 Å². The minimum absolute atomic E-state index is 0.107. The lowest BCUT2D eigenvalue weighted by molar-refractivity contribution is -0.0289. The molecule has 0 bridgehead atoms. The van der Waals surface area contributed by atoms with E-state index in [1.54, 1.807) is 20.3 Å². The summed E-state index contributed by atoms with van der Waals surface area (Å²) in [5.41, 5.74) is 3.46. The molecular weight excluding hydrogens is 814 g/mol. The van der Waals surface area contributed by atoms with Crippen LogP contribution in [0.5, 0.6) is 11.5 Å². The molecule has 2 heterocycles. The second-order valence-corrected chi connectivity index (χ2v) is 17.6.